The van der Waals surface area contributed by atoms with Crippen molar-refractivity contribution in [1.29, 1.82) is 0 Å². The minimum absolute atomic E-state index is 0.0534. The normalized spacial score (nSPS) is 12.4. The number of anilines is 1. The van der Waals surface area contributed by atoms with Gasteiger partial charge in [-0.2, -0.15) is 0 Å². The van der Waals surface area contributed by atoms with E-state index in [-0.39, 0.29) is 49.9 Å². The van der Waals surface area contributed by atoms with Crippen molar-refractivity contribution >= 4 is 39.1 Å². The van der Waals surface area contributed by atoms with Crippen molar-refractivity contribution in [2.45, 2.75) is 58.2 Å². The molecule has 3 rings (SSSR count). The van der Waals surface area contributed by atoms with Crippen LogP contribution in [0.25, 0.3) is 0 Å². The summed E-state index contributed by atoms with van der Waals surface area (Å²) in [6.45, 7) is 5.67. The fraction of sp³-hybridized carbons (Fsp3) is 0.355. The predicted molar refractivity (Wildman–Crippen MR) is 162 cm³/mol. The van der Waals surface area contributed by atoms with Crippen LogP contribution in [0.3, 0.4) is 0 Å². The molecule has 0 aliphatic rings. The van der Waals surface area contributed by atoms with Crippen LogP contribution in [-0.4, -0.2) is 49.5 Å². The number of nitrogens with one attached hydrogen (secondary N) is 1. The topological polar surface area (TPSA) is 86.8 Å². The molecule has 0 radical (unpaired) electrons. The van der Waals surface area contributed by atoms with Crippen LogP contribution in [0.15, 0.2) is 78.9 Å². The summed E-state index contributed by atoms with van der Waals surface area (Å²) in [6.07, 6.45) is 1.35. The van der Waals surface area contributed by atoms with Crippen molar-refractivity contribution in [1.82, 2.24) is 10.2 Å². The van der Waals surface area contributed by atoms with Crippen molar-refractivity contribution in [3.05, 3.63) is 101 Å². The Labute approximate surface area is 247 Å². The first kappa shape index (κ1) is 32.1. The molecule has 3 aromatic rings. The number of nitrogens with zero attached hydrogens (tertiary/aromatic N) is 2. The molecule has 0 fully saturated rings. The number of sulfonamides is 1. The third kappa shape index (κ3) is 9.86. The first-order chi connectivity index (χ1) is 19.2. The van der Waals surface area contributed by atoms with Crippen molar-refractivity contribution in [2.24, 2.45) is 0 Å². The van der Waals surface area contributed by atoms with Crippen LogP contribution in [0.1, 0.15) is 44.7 Å². The Morgan fingerprint density at radius 3 is 2.12 bits per heavy atom. The second-order valence-corrected chi connectivity index (χ2v) is 13.3. The van der Waals surface area contributed by atoms with Crippen molar-refractivity contribution in [2.75, 3.05) is 17.1 Å². The maximum atomic E-state index is 14.5. The van der Waals surface area contributed by atoms with Gasteiger partial charge >= 0.3 is 0 Å². The molecule has 0 aromatic heterocycles. The Bertz CT molecular complexity index is 1430. The van der Waals surface area contributed by atoms with E-state index in [1.807, 2.05) is 51.1 Å². The van der Waals surface area contributed by atoms with Crippen LogP contribution < -0.4 is 9.62 Å². The van der Waals surface area contributed by atoms with Gasteiger partial charge in [0.15, 0.2) is 0 Å². The molecule has 0 unspecified atom stereocenters. The summed E-state index contributed by atoms with van der Waals surface area (Å²) in [5.74, 6) is -1.30. The molecule has 0 saturated heterocycles. The maximum absolute atomic E-state index is 14.5. The third-order valence-electron chi connectivity index (χ3n) is 6.31. The molecule has 3 aromatic carbocycles. The van der Waals surface area contributed by atoms with E-state index in [9.17, 15) is 22.4 Å². The number of para-hydroxylation sites is 1. The number of rotatable bonds is 12. The fourth-order valence-corrected chi connectivity index (χ4v) is 5.52. The molecular weight excluding hydrogens is 565 g/mol. The Balaban J connectivity index is 1.90. The largest absolute Gasteiger partial charge is 0.350 e. The Morgan fingerprint density at radius 2 is 1.54 bits per heavy atom. The highest BCUT2D eigenvalue weighted by Crippen LogP contribution is 2.23. The molecule has 7 nitrogen and oxygen atoms in total. The highest BCUT2D eigenvalue weighted by molar-refractivity contribution is 7.92. The Morgan fingerprint density at radius 1 is 0.927 bits per heavy atom. The summed E-state index contributed by atoms with van der Waals surface area (Å²) in [7, 11) is -3.81. The minimum atomic E-state index is -3.81. The van der Waals surface area contributed by atoms with E-state index in [0.717, 1.165) is 21.7 Å². The van der Waals surface area contributed by atoms with Gasteiger partial charge in [-0.1, -0.05) is 66.2 Å². The lowest BCUT2D eigenvalue weighted by Crippen LogP contribution is -2.54. The molecule has 0 aliphatic heterocycles. The lowest BCUT2D eigenvalue weighted by molar-refractivity contribution is -0.142. The molecule has 10 heteroatoms. The summed E-state index contributed by atoms with van der Waals surface area (Å²) in [4.78, 5) is 29.0. The fourth-order valence-electron chi connectivity index (χ4n) is 4.43. The van der Waals surface area contributed by atoms with Gasteiger partial charge in [-0.05, 0) is 62.6 Å². The molecule has 2 amide bonds. The molecule has 41 heavy (non-hydrogen) atoms. The average Bonchev–Trinajstić information content (AvgIpc) is 2.89. The standard InChI is InChI=1S/C31H37ClFN3O4S/c1-31(2,3)34-30(38)28(21-23-11-6-5-7-12-23)35(22-24-16-18-25(32)19-17-24)29(37)15-10-20-36(41(4,39)40)27-14-9-8-13-26(27)33/h5-9,11-14,16-19,28H,10,15,20-22H2,1-4H3,(H,34,38)/t28-/m1/s1. The van der Waals surface area contributed by atoms with Gasteiger partial charge in [-0.3, -0.25) is 13.9 Å². The summed E-state index contributed by atoms with van der Waals surface area (Å²) in [5, 5.41) is 3.56. The molecule has 1 N–H and O–H groups in total. The highest BCUT2D eigenvalue weighted by atomic mass is 35.5. The third-order valence-corrected chi connectivity index (χ3v) is 7.74. The van der Waals surface area contributed by atoms with Gasteiger partial charge in [0.2, 0.25) is 21.8 Å². The van der Waals surface area contributed by atoms with E-state index in [0.29, 0.717) is 5.02 Å². The van der Waals surface area contributed by atoms with E-state index < -0.39 is 27.4 Å². The average molecular weight is 602 g/mol. The van der Waals surface area contributed by atoms with Gasteiger partial charge in [0.05, 0.1) is 11.9 Å². The van der Waals surface area contributed by atoms with Crippen LogP contribution in [-0.2, 0) is 32.6 Å². The highest BCUT2D eigenvalue weighted by Gasteiger charge is 2.32. The van der Waals surface area contributed by atoms with Crippen molar-refractivity contribution in [3.8, 4) is 0 Å². The van der Waals surface area contributed by atoms with Gasteiger partial charge in [0.25, 0.3) is 0 Å². The molecule has 0 spiro atoms. The second kappa shape index (κ2) is 14.0. The monoisotopic (exact) mass is 601 g/mol. The molecule has 0 aliphatic carbocycles. The Hall–Kier alpha value is -3.43. The second-order valence-electron chi connectivity index (χ2n) is 11.0. The van der Waals surface area contributed by atoms with Crippen LogP contribution in [0.5, 0.6) is 0 Å². The number of carbonyl (C=O) groups excluding carboxylic acids is 2. The van der Waals surface area contributed by atoms with Crippen molar-refractivity contribution < 1.29 is 22.4 Å². The van der Waals surface area contributed by atoms with Crippen molar-refractivity contribution in [3.63, 3.8) is 0 Å². The molecular formula is C31H37ClFN3O4S. The van der Waals surface area contributed by atoms with Crippen LogP contribution in [0, 0.1) is 5.82 Å². The van der Waals surface area contributed by atoms with E-state index in [2.05, 4.69) is 5.32 Å². The molecule has 1 atom stereocenters. The number of hydrogen-bond acceptors (Lipinski definition) is 4. The van der Waals surface area contributed by atoms with E-state index >= 15 is 0 Å². The maximum Gasteiger partial charge on any atom is 0.243 e. The number of hydrogen-bond donors (Lipinski definition) is 1. The lowest BCUT2D eigenvalue weighted by Gasteiger charge is -2.34. The Kier molecular flexibility index (Phi) is 10.9. The van der Waals surface area contributed by atoms with Gasteiger partial charge < -0.3 is 10.2 Å². The lowest BCUT2D eigenvalue weighted by atomic mass is 10.00. The SMILES string of the molecule is CC(C)(C)NC(=O)[C@@H](Cc1ccccc1)N(Cc1ccc(Cl)cc1)C(=O)CCCN(c1ccccc1F)S(C)(=O)=O. The van der Waals surface area contributed by atoms with Gasteiger partial charge in [-0.25, -0.2) is 12.8 Å². The molecule has 0 saturated carbocycles. The van der Waals surface area contributed by atoms with Crippen LogP contribution >= 0.6 is 11.6 Å². The van der Waals surface area contributed by atoms with E-state index in [1.54, 1.807) is 30.3 Å². The number of amides is 2. The number of halogens is 2. The van der Waals surface area contributed by atoms with Gasteiger partial charge in [0, 0.05) is 36.5 Å². The minimum Gasteiger partial charge on any atom is -0.350 e. The summed E-state index contributed by atoms with van der Waals surface area (Å²) in [6, 6.07) is 21.3. The first-order valence-corrected chi connectivity index (χ1v) is 15.6. The zero-order valence-corrected chi connectivity index (χ0v) is 25.4. The van der Waals surface area contributed by atoms with Crippen LogP contribution in [0.4, 0.5) is 10.1 Å². The zero-order valence-electron chi connectivity index (χ0n) is 23.8. The molecule has 0 heterocycles. The van der Waals surface area contributed by atoms with Gasteiger partial charge in [-0.15, -0.1) is 0 Å². The predicted octanol–water partition coefficient (Wildman–Crippen LogP) is 5.58. The molecule has 0 bridgehead atoms. The quantitative estimate of drug-likeness (QED) is 0.294. The van der Waals surface area contributed by atoms with E-state index in [4.69, 9.17) is 11.6 Å². The zero-order chi connectivity index (χ0) is 30.2. The van der Waals surface area contributed by atoms with Gasteiger partial charge in [0.1, 0.15) is 11.9 Å². The van der Waals surface area contributed by atoms with E-state index in [1.165, 1.54) is 23.1 Å². The summed E-state index contributed by atoms with van der Waals surface area (Å²) in [5.41, 5.74) is 1.07. The smallest absolute Gasteiger partial charge is 0.243 e. The molecule has 220 valence electrons. The first-order valence-electron chi connectivity index (χ1n) is 13.4. The number of carbonyl (C=O) groups is 2. The van der Waals surface area contributed by atoms with Crippen LogP contribution in [0.2, 0.25) is 5.02 Å². The summed E-state index contributed by atoms with van der Waals surface area (Å²) >= 11 is 6.08. The summed E-state index contributed by atoms with van der Waals surface area (Å²) < 4.78 is 40.4. The number of benzene rings is 3.